The summed E-state index contributed by atoms with van der Waals surface area (Å²) in [6.07, 6.45) is 0.676. The molecule has 2 amide bonds. The monoisotopic (exact) mass is 324 g/mol. The van der Waals surface area contributed by atoms with E-state index >= 15 is 0 Å². The summed E-state index contributed by atoms with van der Waals surface area (Å²) >= 11 is 6.03. The molecule has 0 aliphatic carbocycles. The van der Waals surface area contributed by atoms with E-state index in [2.05, 4.69) is 5.32 Å². The summed E-state index contributed by atoms with van der Waals surface area (Å²) in [5, 5.41) is 12.4. The van der Waals surface area contributed by atoms with Crippen molar-refractivity contribution in [2.45, 2.75) is 31.8 Å². The van der Waals surface area contributed by atoms with E-state index in [-0.39, 0.29) is 36.9 Å². The number of aliphatic hydroxyl groups excluding tert-OH is 1. The Balaban J connectivity index is 2.21. The van der Waals surface area contributed by atoms with Crippen LogP contribution in [0, 0.1) is 5.92 Å². The van der Waals surface area contributed by atoms with E-state index in [0.29, 0.717) is 11.4 Å². The maximum absolute atomic E-state index is 12.5. The molecule has 1 heterocycles. The lowest BCUT2D eigenvalue weighted by atomic mass is 9.92. The number of carbonyl (C=O) groups is 2. The fraction of sp³-hybridized carbons (Fsp3) is 0.500. The second-order valence-electron chi connectivity index (χ2n) is 5.74. The maximum atomic E-state index is 12.5. The molecular weight excluding hydrogens is 304 g/mol. The van der Waals surface area contributed by atoms with Crippen molar-refractivity contribution >= 4 is 23.4 Å². The summed E-state index contributed by atoms with van der Waals surface area (Å²) in [4.78, 5) is 26.1. The average Bonchev–Trinajstić information content (AvgIpc) is 2.75. The maximum Gasteiger partial charge on any atom is 0.226 e. The van der Waals surface area contributed by atoms with Gasteiger partial charge in [-0.05, 0) is 31.0 Å². The molecule has 2 rings (SSSR count). The number of nitrogens with one attached hydrogen (secondary N) is 1. The largest absolute Gasteiger partial charge is 0.396 e. The molecule has 6 heteroatoms. The second kappa shape index (κ2) is 7.11. The highest BCUT2D eigenvalue weighted by molar-refractivity contribution is 6.30. The van der Waals surface area contributed by atoms with Crippen molar-refractivity contribution in [2.75, 3.05) is 13.7 Å². The van der Waals surface area contributed by atoms with E-state index in [0.717, 1.165) is 5.56 Å². The number of nitrogens with zero attached hydrogens (tertiary/aromatic N) is 1. The number of hydrogen-bond donors (Lipinski definition) is 2. The molecule has 5 nitrogen and oxygen atoms in total. The van der Waals surface area contributed by atoms with Gasteiger partial charge >= 0.3 is 0 Å². The molecule has 0 aromatic heterocycles. The quantitative estimate of drug-likeness (QED) is 0.867. The minimum Gasteiger partial charge on any atom is -0.396 e. The third-order valence-corrected chi connectivity index (χ3v) is 4.30. The van der Waals surface area contributed by atoms with E-state index in [4.69, 9.17) is 16.7 Å². The number of benzene rings is 1. The van der Waals surface area contributed by atoms with Crippen molar-refractivity contribution in [3.8, 4) is 0 Å². The Hall–Kier alpha value is -1.59. The van der Waals surface area contributed by atoms with Gasteiger partial charge in [-0.3, -0.25) is 9.59 Å². The molecule has 2 unspecified atom stereocenters. The zero-order valence-corrected chi connectivity index (χ0v) is 13.5. The molecule has 1 fully saturated rings. The third-order valence-electron chi connectivity index (χ3n) is 4.06. The van der Waals surface area contributed by atoms with Crippen LogP contribution in [0.5, 0.6) is 0 Å². The van der Waals surface area contributed by atoms with Crippen LogP contribution in [0.4, 0.5) is 0 Å². The summed E-state index contributed by atoms with van der Waals surface area (Å²) < 4.78 is 0. The van der Waals surface area contributed by atoms with Crippen molar-refractivity contribution in [3.05, 3.63) is 34.9 Å². The van der Waals surface area contributed by atoms with E-state index in [1.54, 1.807) is 24.1 Å². The molecular formula is C16H21ClN2O3. The molecule has 2 N–H and O–H groups in total. The van der Waals surface area contributed by atoms with Gasteiger partial charge in [0.25, 0.3) is 0 Å². The summed E-state index contributed by atoms with van der Waals surface area (Å²) in [6, 6.07) is 6.81. The van der Waals surface area contributed by atoms with Crippen LogP contribution < -0.4 is 5.32 Å². The Labute approximate surface area is 135 Å². The van der Waals surface area contributed by atoms with E-state index in [9.17, 15) is 9.59 Å². The first-order valence-electron chi connectivity index (χ1n) is 7.36. The first-order chi connectivity index (χ1) is 10.4. The number of halogens is 1. The normalized spacial score (nSPS) is 22.7. The van der Waals surface area contributed by atoms with Crippen LogP contribution in [-0.4, -0.2) is 41.5 Å². The Bertz CT molecular complexity index is 564. The second-order valence-corrected chi connectivity index (χ2v) is 6.17. The van der Waals surface area contributed by atoms with Crippen molar-refractivity contribution < 1.29 is 14.7 Å². The number of likely N-dealkylation sites (tertiary alicyclic amines) is 1. The fourth-order valence-electron chi connectivity index (χ4n) is 2.87. The van der Waals surface area contributed by atoms with Gasteiger partial charge in [-0.25, -0.2) is 0 Å². The summed E-state index contributed by atoms with van der Waals surface area (Å²) in [5.74, 6) is -0.666. The molecule has 1 aliphatic heterocycles. The van der Waals surface area contributed by atoms with Crippen LogP contribution in [0.15, 0.2) is 24.3 Å². The highest BCUT2D eigenvalue weighted by atomic mass is 35.5. The fourth-order valence-corrected chi connectivity index (χ4v) is 3.07. The van der Waals surface area contributed by atoms with Crippen LogP contribution in [0.2, 0.25) is 5.02 Å². The number of carbonyl (C=O) groups excluding carboxylic acids is 2. The predicted octanol–water partition coefficient (Wildman–Crippen LogP) is 1.75. The molecule has 1 aromatic rings. The standard InChI is InChI=1S/C16H21ClN2O3/c1-10(6-7-20)18-16(22)13-9-14(21)19(2)15(13)11-4-3-5-12(17)8-11/h3-5,8,10,13,15,20H,6-7,9H2,1-2H3,(H,18,22)/t10-,13?,15?/m1/s1. The zero-order valence-electron chi connectivity index (χ0n) is 12.8. The van der Waals surface area contributed by atoms with Gasteiger partial charge in [-0.15, -0.1) is 0 Å². The molecule has 1 aliphatic rings. The van der Waals surface area contributed by atoms with Crippen LogP contribution in [-0.2, 0) is 9.59 Å². The Morgan fingerprint density at radius 1 is 1.55 bits per heavy atom. The van der Waals surface area contributed by atoms with Gasteiger partial charge < -0.3 is 15.3 Å². The van der Waals surface area contributed by atoms with Crippen LogP contribution in [0.25, 0.3) is 0 Å². The Kier molecular flexibility index (Phi) is 5.42. The van der Waals surface area contributed by atoms with Gasteiger partial charge in [0.15, 0.2) is 0 Å². The average molecular weight is 325 g/mol. The van der Waals surface area contributed by atoms with Crippen molar-refractivity contribution in [1.82, 2.24) is 10.2 Å². The minimum atomic E-state index is -0.447. The molecule has 0 bridgehead atoms. The van der Waals surface area contributed by atoms with Crippen molar-refractivity contribution in [3.63, 3.8) is 0 Å². The Morgan fingerprint density at radius 2 is 2.27 bits per heavy atom. The molecule has 1 aromatic carbocycles. The number of amides is 2. The SMILES string of the molecule is C[C@H](CCO)NC(=O)C1CC(=O)N(C)C1c1cccc(Cl)c1. The van der Waals surface area contributed by atoms with Gasteiger partial charge in [0.1, 0.15) is 0 Å². The summed E-state index contributed by atoms with van der Waals surface area (Å²) in [7, 11) is 1.71. The third kappa shape index (κ3) is 3.59. The number of hydrogen-bond acceptors (Lipinski definition) is 3. The highest BCUT2D eigenvalue weighted by Crippen LogP contribution is 2.37. The van der Waals surface area contributed by atoms with Crippen molar-refractivity contribution in [2.24, 2.45) is 5.92 Å². The lowest BCUT2D eigenvalue weighted by Crippen LogP contribution is -2.39. The smallest absolute Gasteiger partial charge is 0.226 e. The van der Waals surface area contributed by atoms with Crippen LogP contribution >= 0.6 is 11.6 Å². The molecule has 22 heavy (non-hydrogen) atoms. The van der Waals surface area contributed by atoms with Gasteiger partial charge in [0.05, 0.1) is 12.0 Å². The van der Waals surface area contributed by atoms with Gasteiger partial charge in [0.2, 0.25) is 11.8 Å². The van der Waals surface area contributed by atoms with E-state index in [1.807, 2.05) is 19.1 Å². The molecule has 3 atom stereocenters. The van der Waals surface area contributed by atoms with Gasteiger partial charge in [0, 0.05) is 31.1 Å². The van der Waals surface area contributed by atoms with Crippen LogP contribution in [0.3, 0.4) is 0 Å². The zero-order chi connectivity index (χ0) is 16.3. The van der Waals surface area contributed by atoms with Gasteiger partial charge in [-0.1, -0.05) is 23.7 Å². The molecule has 0 radical (unpaired) electrons. The first-order valence-corrected chi connectivity index (χ1v) is 7.74. The van der Waals surface area contributed by atoms with Crippen molar-refractivity contribution in [1.29, 1.82) is 0 Å². The van der Waals surface area contributed by atoms with Gasteiger partial charge in [-0.2, -0.15) is 0 Å². The first kappa shape index (κ1) is 16.8. The Morgan fingerprint density at radius 3 is 2.91 bits per heavy atom. The van der Waals surface area contributed by atoms with E-state index in [1.165, 1.54) is 0 Å². The highest BCUT2D eigenvalue weighted by Gasteiger charge is 2.42. The lowest BCUT2D eigenvalue weighted by Gasteiger charge is -2.26. The lowest BCUT2D eigenvalue weighted by molar-refractivity contribution is -0.128. The minimum absolute atomic E-state index is 0.0165. The summed E-state index contributed by atoms with van der Waals surface area (Å²) in [5.41, 5.74) is 0.857. The molecule has 1 saturated heterocycles. The van der Waals surface area contributed by atoms with Crippen LogP contribution in [0.1, 0.15) is 31.4 Å². The predicted molar refractivity (Wildman–Crippen MR) is 84.4 cm³/mol. The van der Waals surface area contributed by atoms with E-state index < -0.39 is 5.92 Å². The number of rotatable bonds is 5. The summed E-state index contributed by atoms with van der Waals surface area (Å²) in [6.45, 7) is 1.85. The molecule has 0 saturated carbocycles. The number of aliphatic hydroxyl groups is 1. The molecule has 0 spiro atoms. The molecule has 120 valence electrons. The topological polar surface area (TPSA) is 69.6 Å².